The fourth-order valence-electron chi connectivity index (χ4n) is 3.96. The van der Waals surface area contributed by atoms with Crippen molar-refractivity contribution in [2.24, 2.45) is 5.92 Å². The van der Waals surface area contributed by atoms with Crippen LogP contribution in [-0.4, -0.2) is 70.4 Å². The number of carboxylic acids is 2. The maximum absolute atomic E-state index is 9.77. The summed E-state index contributed by atoms with van der Waals surface area (Å²) in [5.41, 5.74) is 1.30. The van der Waals surface area contributed by atoms with E-state index in [9.17, 15) is 9.59 Å². The Kier molecular flexibility index (Phi) is 8.69. The van der Waals surface area contributed by atoms with Crippen molar-refractivity contribution in [2.45, 2.75) is 49.5 Å². The summed E-state index contributed by atoms with van der Waals surface area (Å²) in [5.74, 6) is -2.49. The average molecular weight is 450 g/mol. The number of carbonyl (C=O) groups is 2. The van der Waals surface area contributed by atoms with Crippen molar-refractivity contribution in [1.82, 2.24) is 5.32 Å². The lowest BCUT2D eigenvalue weighted by atomic mass is 9.77. The first-order valence-electron chi connectivity index (χ1n) is 9.17. The number of methoxy groups -OCH3 is 1. The highest BCUT2D eigenvalue weighted by molar-refractivity contribution is 6.42. The number of piperidine rings is 1. The molecule has 1 aromatic carbocycles. The molecule has 2 bridgehead atoms. The van der Waals surface area contributed by atoms with Gasteiger partial charge in [-0.15, -0.1) is 0 Å². The highest BCUT2D eigenvalue weighted by Crippen LogP contribution is 2.42. The second-order valence-electron chi connectivity index (χ2n) is 7.25. The Morgan fingerprint density at radius 3 is 2.28 bits per heavy atom. The predicted molar refractivity (Wildman–Crippen MR) is 106 cm³/mol. The Morgan fingerprint density at radius 1 is 1.14 bits per heavy atom. The third-order valence-corrected chi connectivity index (χ3v) is 6.12. The Bertz CT molecular complexity index is 715. The van der Waals surface area contributed by atoms with Gasteiger partial charge in [0.2, 0.25) is 0 Å². The van der Waals surface area contributed by atoms with Gasteiger partial charge in [-0.3, -0.25) is 0 Å². The Labute approximate surface area is 178 Å². The monoisotopic (exact) mass is 449 g/mol. The molecule has 8 nitrogen and oxygen atoms in total. The highest BCUT2D eigenvalue weighted by atomic mass is 35.5. The van der Waals surface area contributed by atoms with E-state index in [-0.39, 0.29) is 0 Å². The first-order chi connectivity index (χ1) is 13.6. The number of nitrogens with one attached hydrogen (secondary N) is 1. The number of halogens is 2. The molecule has 6 atom stereocenters. The van der Waals surface area contributed by atoms with E-state index in [0.29, 0.717) is 34.0 Å². The van der Waals surface area contributed by atoms with Crippen LogP contribution in [0.5, 0.6) is 0 Å². The van der Waals surface area contributed by atoms with Gasteiger partial charge in [0.15, 0.2) is 12.2 Å². The number of aliphatic carboxylic acids is 2. The Balaban J connectivity index is 0.000000257. The Morgan fingerprint density at radius 2 is 1.76 bits per heavy atom. The maximum atomic E-state index is 9.77. The van der Waals surface area contributed by atoms with Crippen molar-refractivity contribution in [3.8, 4) is 0 Å². The molecular formula is C19H25Cl2NO7. The number of carboxylic acid groups (broad SMARTS) is 2. The normalized spacial score (nSPS) is 27.5. The van der Waals surface area contributed by atoms with Gasteiger partial charge in [0.1, 0.15) is 0 Å². The van der Waals surface area contributed by atoms with Gasteiger partial charge in [-0.25, -0.2) is 9.59 Å². The van der Waals surface area contributed by atoms with E-state index >= 15 is 0 Å². The van der Waals surface area contributed by atoms with Crippen molar-refractivity contribution < 1.29 is 34.8 Å². The molecule has 0 saturated carbocycles. The van der Waals surface area contributed by atoms with Gasteiger partial charge in [0.25, 0.3) is 0 Å². The van der Waals surface area contributed by atoms with Gasteiger partial charge in [-0.05, 0) is 42.9 Å². The average Bonchev–Trinajstić information content (AvgIpc) is 3.07. The summed E-state index contributed by atoms with van der Waals surface area (Å²) in [4.78, 5) is 19.5. The molecular weight excluding hydrogens is 425 g/mol. The number of rotatable bonds is 6. The van der Waals surface area contributed by atoms with E-state index in [4.69, 9.17) is 48.4 Å². The lowest BCUT2D eigenvalue weighted by molar-refractivity contribution is -0.165. The molecule has 3 rings (SSSR count). The number of hydrogen-bond donors (Lipinski definition) is 5. The summed E-state index contributed by atoms with van der Waals surface area (Å²) >= 11 is 12.2. The summed E-state index contributed by atoms with van der Waals surface area (Å²) in [7, 11) is 1.78. The molecule has 0 unspecified atom stereocenters. The van der Waals surface area contributed by atoms with Gasteiger partial charge in [-0.2, -0.15) is 0 Å². The van der Waals surface area contributed by atoms with Crippen molar-refractivity contribution in [3.63, 3.8) is 0 Å². The number of benzene rings is 1. The van der Waals surface area contributed by atoms with Crippen molar-refractivity contribution in [1.29, 1.82) is 0 Å². The molecule has 29 heavy (non-hydrogen) atoms. The molecule has 2 saturated heterocycles. The lowest BCUT2D eigenvalue weighted by Gasteiger charge is -2.37. The number of hydrogen-bond acceptors (Lipinski definition) is 6. The van der Waals surface area contributed by atoms with Crippen LogP contribution in [0.3, 0.4) is 0 Å². The van der Waals surface area contributed by atoms with Gasteiger partial charge in [-0.1, -0.05) is 29.3 Å². The molecule has 2 aliphatic heterocycles. The van der Waals surface area contributed by atoms with Crippen LogP contribution in [0.1, 0.15) is 30.7 Å². The lowest BCUT2D eigenvalue weighted by Crippen LogP contribution is -2.46. The predicted octanol–water partition coefficient (Wildman–Crippen LogP) is 1.74. The summed E-state index contributed by atoms with van der Waals surface area (Å²) < 4.78 is 5.44. The molecule has 10 heteroatoms. The zero-order chi connectivity index (χ0) is 21.7. The van der Waals surface area contributed by atoms with Crippen LogP contribution in [-0.2, 0) is 14.3 Å². The summed E-state index contributed by atoms with van der Waals surface area (Å²) in [6.07, 6.45) is -0.822. The first kappa shape index (κ1) is 23.9. The van der Waals surface area contributed by atoms with E-state index in [1.807, 2.05) is 12.1 Å². The smallest absolute Gasteiger partial charge is 0.335 e. The molecule has 0 spiro atoms. The summed E-state index contributed by atoms with van der Waals surface area (Å²) in [6, 6.07) is 7.29. The molecule has 0 aliphatic carbocycles. The van der Waals surface area contributed by atoms with Gasteiger partial charge < -0.3 is 30.5 Å². The largest absolute Gasteiger partial charge is 0.479 e. The fourth-order valence-corrected chi connectivity index (χ4v) is 4.26. The van der Waals surface area contributed by atoms with Crippen LogP contribution in [0.25, 0.3) is 0 Å². The van der Waals surface area contributed by atoms with Gasteiger partial charge in [0, 0.05) is 25.1 Å². The summed E-state index contributed by atoms with van der Waals surface area (Å²) in [6.45, 7) is 0.801. The molecule has 2 aliphatic rings. The number of aliphatic hydroxyl groups excluding tert-OH is 2. The van der Waals surface area contributed by atoms with Crippen molar-refractivity contribution in [2.75, 3.05) is 13.7 Å². The second-order valence-corrected chi connectivity index (χ2v) is 8.06. The minimum Gasteiger partial charge on any atom is -0.479 e. The number of ether oxygens (including phenoxy) is 1. The van der Waals surface area contributed by atoms with Crippen molar-refractivity contribution >= 4 is 35.1 Å². The maximum Gasteiger partial charge on any atom is 0.335 e. The third-order valence-electron chi connectivity index (χ3n) is 5.38. The van der Waals surface area contributed by atoms with Crippen LogP contribution < -0.4 is 5.32 Å². The standard InChI is InChI=1S/C15H19Cl2NO.C4H6O6/c1-19-8-12-11(7-10-3-5-15(12)18-10)9-2-4-13(16)14(17)6-9;5-1(3(7)8)2(6)4(9)10/h2,4,6,10-12,15,18H,3,5,7-8H2,1H3;1-2,5-6H,(H,7,8)(H,9,10)/t10-,11+,12+,15+;1-,2-/m01/s1. The molecule has 1 aromatic rings. The van der Waals surface area contributed by atoms with Gasteiger partial charge >= 0.3 is 11.9 Å². The molecule has 2 heterocycles. The molecule has 5 N–H and O–H groups in total. The minimum atomic E-state index is -2.27. The van der Waals surface area contributed by atoms with E-state index in [2.05, 4.69) is 11.4 Å². The zero-order valence-corrected chi connectivity index (χ0v) is 17.3. The van der Waals surface area contributed by atoms with E-state index < -0.39 is 24.1 Å². The molecule has 162 valence electrons. The first-order valence-corrected chi connectivity index (χ1v) is 9.93. The molecule has 0 radical (unpaired) electrons. The summed E-state index contributed by atoms with van der Waals surface area (Å²) in [5, 5.41) is 37.5. The van der Waals surface area contributed by atoms with Crippen LogP contribution in [0.2, 0.25) is 10.0 Å². The second kappa shape index (κ2) is 10.6. The fraction of sp³-hybridized carbons (Fsp3) is 0.579. The van der Waals surface area contributed by atoms with Crippen molar-refractivity contribution in [3.05, 3.63) is 33.8 Å². The van der Waals surface area contributed by atoms with Crippen LogP contribution >= 0.6 is 23.2 Å². The van der Waals surface area contributed by atoms with E-state index in [0.717, 1.165) is 6.61 Å². The number of aliphatic hydroxyl groups is 2. The molecule has 0 aromatic heterocycles. The third kappa shape index (κ3) is 6.04. The van der Waals surface area contributed by atoms with E-state index in [1.165, 1.54) is 24.8 Å². The van der Waals surface area contributed by atoms with Crippen LogP contribution in [0.4, 0.5) is 0 Å². The minimum absolute atomic E-state index is 0.522. The van der Waals surface area contributed by atoms with Gasteiger partial charge in [0.05, 0.1) is 16.7 Å². The number of fused-ring (bicyclic) bond motifs is 2. The molecule has 2 fully saturated rings. The SMILES string of the molecule is COC[C@@H]1[C@@H](c2ccc(Cl)c(Cl)c2)C[C@@H]2CC[C@H]1N2.O=C(O)[C@H](O)[C@@H](O)C(=O)O. The van der Waals surface area contributed by atoms with Crippen LogP contribution in [0, 0.1) is 5.92 Å². The Hall–Kier alpha value is -1.42. The molecule has 0 amide bonds. The van der Waals surface area contributed by atoms with E-state index in [1.54, 1.807) is 7.11 Å². The zero-order valence-electron chi connectivity index (χ0n) is 15.8. The van der Waals surface area contributed by atoms with Crippen LogP contribution in [0.15, 0.2) is 18.2 Å². The highest BCUT2D eigenvalue weighted by Gasteiger charge is 2.42. The topological polar surface area (TPSA) is 136 Å². The quantitative estimate of drug-likeness (QED) is 0.442.